The second kappa shape index (κ2) is 12.2. The molecule has 0 atom stereocenters. The summed E-state index contributed by atoms with van der Waals surface area (Å²) in [6, 6.07) is 8.57. The van der Waals surface area contributed by atoms with Gasteiger partial charge in [0.1, 0.15) is 0 Å². The fraction of sp³-hybridized carbons (Fsp3) is 0.526. The topological polar surface area (TPSA) is 95.9 Å². The number of likely N-dealkylation sites (tertiary alicyclic amines) is 1. The summed E-state index contributed by atoms with van der Waals surface area (Å²) < 4.78 is 4.88. The van der Waals surface area contributed by atoms with Crippen LogP contribution in [0.1, 0.15) is 37.8 Å². The van der Waals surface area contributed by atoms with Crippen molar-refractivity contribution in [1.29, 1.82) is 0 Å². The number of nitrogens with zero attached hydrogens (tertiary/aromatic N) is 1. The zero-order valence-electron chi connectivity index (χ0n) is 15.5. The Morgan fingerprint density at radius 3 is 2.38 bits per heavy atom. The number of carboxylic acids is 1. The van der Waals surface area contributed by atoms with Crippen molar-refractivity contribution in [3.8, 4) is 0 Å². The molecule has 1 aliphatic heterocycles. The number of hydrogen-bond donors (Lipinski definition) is 2. The number of carboxylic acid groups (broad SMARTS) is 1. The van der Waals surface area contributed by atoms with Gasteiger partial charge in [0.05, 0.1) is 13.2 Å². The summed E-state index contributed by atoms with van der Waals surface area (Å²) in [4.78, 5) is 32.6. The largest absolute Gasteiger partial charge is 0.476 e. The van der Waals surface area contributed by atoms with Gasteiger partial charge < -0.3 is 15.2 Å². The molecular formula is C19H28N2O5. The van der Waals surface area contributed by atoms with Crippen LogP contribution in [0, 0.1) is 0 Å². The predicted molar refractivity (Wildman–Crippen MR) is 97.6 cm³/mol. The Morgan fingerprint density at radius 2 is 1.81 bits per heavy atom. The van der Waals surface area contributed by atoms with Crippen LogP contribution in [0.15, 0.2) is 24.3 Å². The summed E-state index contributed by atoms with van der Waals surface area (Å²) >= 11 is 0. The second-order valence-corrected chi connectivity index (χ2v) is 6.07. The highest BCUT2D eigenvalue weighted by Gasteiger charge is 2.11. The smallest absolute Gasteiger partial charge is 0.371 e. The monoisotopic (exact) mass is 364 g/mol. The highest BCUT2D eigenvalue weighted by atomic mass is 16.5. The number of ether oxygens (including phenoxy) is 1. The summed E-state index contributed by atoms with van der Waals surface area (Å²) in [7, 11) is 0. The highest BCUT2D eigenvalue weighted by Crippen LogP contribution is 2.13. The molecule has 0 bridgehead atoms. The van der Waals surface area contributed by atoms with Gasteiger partial charge in [-0.1, -0.05) is 24.3 Å². The first-order valence-corrected chi connectivity index (χ1v) is 8.82. The molecule has 7 heteroatoms. The van der Waals surface area contributed by atoms with E-state index in [1.165, 1.54) is 37.1 Å². The van der Waals surface area contributed by atoms with Crippen LogP contribution in [0.3, 0.4) is 0 Å². The number of rotatable bonds is 8. The second-order valence-electron chi connectivity index (χ2n) is 6.07. The molecule has 0 unspecified atom stereocenters. The molecule has 0 aliphatic carbocycles. The van der Waals surface area contributed by atoms with Crippen LogP contribution in [0.25, 0.3) is 0 Å². The van der Waals surface area contributed by atoms with Crippen LogP contribution in [0.4, 0.5) is 0 Å². The van der Waals surface area contributed by atoms with E-state index in [-0.39, 0.29) is 12.5 Å². The lowest BCUT2D eigenvalue weighted by molar-refractivity contribution is -0.148. The fourth-order valence-electron chi connectivity index (χ4n) is 2.56. The average molecular weight is 364 g/mol. The van der Waals surface area contributed by atoms with E-state index in [0.717, 1.165) is 13.5 Å². The lowest BCUT2D eigenvalue weighted by Crippen LogP contribution is -2.24. The van der Waals surface area contributed by atoms with E-state index < -0.39 is 11.8 Å². The minimum atomic E-state index is -1.38. The Hall–Kier alpha value is -2.25. The van der Waals surface area contributed by atoms with Crippen molar-refractivity contribution in [2.75, 3.05) is 26.2 Å². The van der Waals surface area contributed by atoms with E-state index >= 15 is 0 Å². The third-order valence-electron chi connectivity index (χ3n) is 3.80. The quantitative estimate of drug-likeness (QED) is 0.534. The maximum absolute atomic E-state index is 11.2. The first-order valence-electron chi connectivity index (χ1n) is 8.82. The van der Waals surface area contributed by atoms with Crippen molar-refractivity contribution >= 4 is 17.7 Å². The van der Waals surface area contributed by atoms with Gasteiger partial charge >= 0.3 is 11.9 Å². The summed E-state index contributed by atoms with van der Waals surface area (Å²) in [6.07, 6.45) is 2.64. The molecule has 1 aliphatic rings. The van der Waals surface area contributed by atoms with Gasteiger partial charge in [-0.25, -0.2) is 4.79 Å². The Bertz CT molecular complexity index is 585. The van der Waals surface area contributed by atoms with Crippen molar-refractivity contribution in [3.05, 3.63) is 35.4 Å². The molecule has 1 heterocycles. The lowest BCUT2D eigenvalue weighted by Gasteiger charge is -2.15. The standard InChI is InChI=1S/C16H24N2O2.C3H4O3/c1-2-20-16(19)12-17-11-14-6-5-7-15(10-14)13-18-8-3-4-9-18;1-2(4)3(5)6/h5-7,10,17H,2-4,8-9,11-13H2,1H3;1H3,(H,5,6). The molecule has 1 saturated heterocycles. The zero-order chi connectivity index (χ0) is 19.4. The summed E-state index contributed by atoms with van der Waals surface area (Å²) in [5.41, 5.74) is 2.56. The van der Waals surface area contributed by atoms with Gasteiger partial charge in [0.2, 0.25) is 5.78 Å². The Labute approximate surface area is 154 Å². The van der Waals surface area contributed by atoms with Crippen LogP contribution in [0.2, 0.25) is 0 Å². The molecule has 1 aromatic rings. The van der Waals surface area contributed by atoms with Gasteiger partial charge in [0, 0.05) is 20.0 Å². The third-order valence-corrected chi connectivity index (χ3v) is 3.80. The van der Waals surface area contributed by atoms with Gasteiger partial charge in [-0.05, 0) is 44.0 Å². The number of ketones is 1. The molecule has 7 nitrogen and oxygen atoms in total. The van der Waals surface area contributed by atoms with Crippen LogP contribution in [-0.4, -0.2) is 54.0 Å². The molecule has 0 saturated carbocycles. The van der Waals surface area contributed by atoms with Crippen LogP contribution < -0.4 is 5.32 Å². The fourth-order valence-corrected chi connectivity index (χ4v) is 2.56. The number of benzene rings is 1. The molecule has 0 amide bonds. The van der Waals surface area contributed by atoms with Gasteiger partial charge in [-0.15, -0.1) is 0 Å². The Balaban J connectivity index is 0.000000487. The van der Waals surface area contributed by atoms with E-state index in [4.69, 9.17) is 9.84 Å². The molecule has 26 heavy (non-hydrogen) atoms. The minimum Gasteiger partial charge on any atom is -0.476 e. The molecule has 1 fully saturated rings. The molecule has 0 aromatic heterocycles. The molecule has 2 N–H and O–H groups in total. The SMILES string of the molecule is CC(=O)C(=O)O.CCOC(=O)CNCc1cccc(CN2CCCC2)c1. The number of Topliss-reactive ketones (excluding diaryl/α,β-unsaturated/α-hetero) is 1. The minimum absolute atomic E-state index is 0.194. The van der Waals surface area contributed by atoms with Crippen LogP contribution in [0.5, 0.6) is 0 Å². The van der Waals surface area contributed by atoms with Crippen molar-refractivity contribution in [3.63, 3.8) is 0 Å². The molecule has 2 rings (SSSR count). The Morgan fingerprint density at radius 1 is 1.19 bits per heavy atom. The van der Waals surface area contributed by atoms with Crippen molar-refractivity contribution in [2.24, 2.45) is 0 Å². The molecular weight excluding hydrogens is 336 g/mol. The third kappa shape index (κ3) is 9.29. The normalized spacial score (nSPS) is 13.6. The van der Waals surface area contributed by atoms with E-state index in [1.807, 2.05) is 6.92 Å². The van der Waals surface area contributed by atoms with Crippen LogP contribution in [-0.2, 0) is 32.2 Å². The average Bonchev–Trinajstić information content (AvgIpc) is 3.09. The van der Waals surface area contributed by atoms with E-state index in [0.29, 0.717) is 13.2 Å². The van der Waals surface area contributed by atoms with Crippen molar-refractivity contribution in [2.45, 2.75) is 39.8 Å². The summed E-state index contributed by atoms with van der Waals surface area (Å²) in [5, 5.41) is 10.8. The lowest BCUT2D eigenvalue weighted by atomic mass is 10.1. The number of aliphatic carboxylic acids is 1. The van der Waals surface area contributed by atoms with Crippen molar-refractivity contribution in [1.82, 2.24) is 10.2 Å². The van der Waals surface area contributed by atoms with Gasteiger partial charge in [0.25, 0.3) is 0 Å². The maximum atomic E-state index is 11.2. The number of esters is 1. The van der Waals surface area contributed by atoms with E-state index in [2.05, 4.69) is 34.5 Å². The van der Waals surface area contributed by atoms with Gasteiger partial charge in [-0.2, -0.15) is 0 Å². The number of carbonyl (C=O) groups is 3. The van der Waals surface area contributed by atoms with E-state index in [9.17, 15) is 14.4 Å². The van der Waals surface area contributed by atoms with Gasteiger partial charge in [-0.3, -0.25) is 14.5 Å². The highest BCUT2D eigenvalue weighted by molar-refractivity contribution is 6.31. The first kappa shape index (κ1) is 21.8. The predicted octanol–water partition coefficient (Wildman–Crippen LogP) is 1.60. The number of hydrogen-bond acceptors (Lipinski definition) is 6. The molecule has 0 spiro atoms. The van der Waals surface area contributed by atoms with E-state index in [1.54, 1.807) is 0 Å². The van der Waals surface area contributed by atoms with Crippen LogP contribution >= 0.6 is 0 Å². The molecule has 1 aromatic carbocycles. The summed E-state index contributed by atoms with van der Waals surface area (Å²) in [5.74, 6) is -2.40. The van der Waals surface area contributed by atoms with Gasteiger partial charge in [0.15, 0.2) is 0 Å². The Kier molecular flexibility index (Phi) is 10.2. The molecule has 0 radical (unpaired) electrons. The number of nitrogens with one attached hydrogen (secondary N) is 1. The number of carbonyl (C=O) groups excluding carboxylic acids is 2. The molecule has 144 valence electrons. The first-order chi connectivity index (χ1) is 12.4. The zero-order valence-corrected chi connectivity index (χ0v) is 15.5. The van der Waals surface area contributed by atoms with Crippen molar-refractivity contribution < 1.29 is 24.2 Å². The summed E-state index contributed by atoms with van der Waals surface area (Å²) in [6.45, 7) is 7.69. The maximum Gasteiger partial charge on any atom is 0.371 e.